The van der Waals surface area contributed by atoms with Gasteiger partial charge in [0.15, 0.2) is 6.10 Å². The summed E-state index contributed by atoms with van der Waals surface area (Å²) in [5.41, 5.74) is 0. The topological polar surface area (TPSA) is 119 Å². The molecule has 0 aromatic rings. The molecule has 0 fully saturated rings. The fourth-order valence-electron chi connectivity index (χ4n) is 5.60. The van der Waals surface area contributed by atoms with E-state index in [1.807, 2.05) is 0 Å². The first-order chi connectivity index (χ1) is 22.8. The zero-order valence-electron chi connectivity index (χ0n) is 30.4. The lowest BCUT2D eigenvalue weighted by atomic mass is 10.0. The zero-order chi connectivity index (χ0) is 34.7. The van der Waals surface area contributed by atoms with Crippen LogP contribution >= 0.6 is 7.82 Å². The summed E-state index contributed by atoms with van der Waals surface area (Å²) < 4.78 is 26.3. The molecule has 0 aliphatic carbocycles. The molecule has 47 heavy (non-hydrogen) atoms. The van der Waals surface area contributed by atoms with E-state index in [0.717, 1.165) is 51.4 Å². The first-order valence-corrected chi connectivity index (χ1v) is 21.0. The summed E-state index contributed by atoms with van der Waals surface area (Å²) in [4.78, 5) is 42.7. The van der Waals surface area contributed by atoms with Crippen LogP contribution in [0.4, 0.5) is 0 Å². The molecule has 9 heteroatoms. The Morgan fingerprint density at radius 3 is 1.32 bits per heavy atom. The Balaban J connectivity index is 3.92. The van der Waals surface area contributed by atoms with Crippen LogP contribution in [0.25, 0.3) is 0 Å². The minimum Gasteiger partial charge on any atom is -0.462 e. The number of hydrogen-bond acceptors (Lipinski definition) is 6. The molecule has 0 spiro atoms. The molecule has 8 nitrogen and oxygen atoms in total. The predicted octanol–water partition coefficient (Wildman–Crippen LogP) is 11.5. The van der Waals surface area contributed by atoms with E-state index in [4.69, 9.17) is 19.3 Å². The summed E-state index contributed by atoms with van der Waals surface area (Å²) in [6.45, 7) is 3.67. The Kier molecular flexibility index (Phi) is 33.8. The van der Waals surface area contributed by atoms with Crippen molar-refractivity contribution in [3.8, 4) is 0 Å². The third kappa shape index (κ3) is 37.5. The SMILES string of the molecule is CCCCCC/C=C/CCCCCCCC(=O)O[C@H](COC(=O)CCCCCCCCCCCCCCCCCC)COP(=O)(O)O. The Bertz CT molecular complexity index is 782. The van der Waals surface area contributed by atoms with Crippen molar-refractivity contribution in [3.05, 3.63) is 12.2 Å². The van der Waals surface area contributed by atoms with Gasteiger partial charge in [0.1, 0.15) is 6.61 Å². The van der Waals surface area contributed by atoms with Gasteiger partial charge in [0, 0.05) is 12.8 Å². The minimum atomic E-state index is -4.75. The number of phosphoric acid groups is 1. The van der Waals surface area contributed by atoms with Crippen molar-refractivity contribution in [3.63, 3.8) is 0 Å². The molecule has 0 saturated heterocycles. The van der Waals surface area contributed by atoms with Gasteiger partial charge in [-0.1, -0.05) is 161 Å². The lowest BCUT2D eigenvalue weighted by Crippen LogP contribution is -2.29. The van der Waals surface area contributed by atoms with E-state index in [9.17, 15) is 14.2 Å². The maximum absolute atomic E-state index is 12.3. The highest BCUT2D eigenvalue weighted by Crippen LogP contribution is 2.36. The number of unbranched alkanes of at least 4 members (excludes halogenated alkanes) is 24. The van der Waals surface area contributed by atoms with E-state index in [2.05, 4.69) is 30.5 Å². The molecule has 0 aromatic carbocycles. The molecule has 0 unspecified atom stereocenters. The summed E-state index contributed by atoms with van der Waals surface area (Å²) >= 11 is 0. The van der Waals surface area contributed by atoms with Crippen molar-refractivity contribution >= 4 is 19.8 Å². The number of carbonyl (C=O) groups excluding carboxylic acids is 2. The zero-order valence-corrected chi connectivity index (χ0v) is 31.3. The molecule has 0 aliphatic rings. The Labute approximate surface area is 288 Å². The van der Waals surface area contributed by atoms with Crippen LogP contribution in [0.5, 0.6) is 0 Å². The van der Waals surface area contributed by atoms with Crippen molar-refractivity contribution in [2.75, 3.05) is 13.2 Å². The van der Waals surface area contributed by atoms with Gasteiger partial charge in [-0.3, -0.25) is 14.1 Å². The van der Waals surface area contributed by atoms with Crippen LogP contribution in [-0.2, 0) is 28.2 Å². The number of phosphoric ester groups is 1. The van der Waals surface area contributed by atoms with Crippen LogP contribution in [-0.4, -0.2) is 41.0 Å². The number of esters is 2. The Morgan fingerprint density at radius 2 is 0.894 bits per heavy atom. The standard InChI is InChI=1S/C38H73O8P/c1-3-5-7-9-11-13-15-17-18-19-21-22-24-26-28-30-32-37(39)44-34-36(35-45-47(41,42)43)46-38(40)33-31-29-27-25-23-20-16-14-12-10-8-6-4-2/h14,16,36H,3-13,15,17-35H2,1-2H3,(H2,41,42,43)/b16-14+/t36-/m1/s1. The molecular formula is C38H73O8P. The summed E-state index contributed by atoms with van der Waals surface area (Å²) in [5.74, 6) is -0.886. The van der Waals surface area contributed by atoms with Gasteiger partial charge >= 0.3 is 19.8 Å². The van der Waals surface area contributed by atoms with Crippen LogP contribution in [0, 0.1) is 0 Å². The van der Waals surface area contributed by atoms with Gasteiger partial charge in [0.2, 0.25) is 0 Å². The van der Waals surface area contributed by atoms with Crippen LogP contribution < -0.4 is 0 Å². The second kappa shape index (κ2) is 34.6. The van der Waals surface area contributed by atoms with Gasteiger partial charge in [-0.25, -0.2) is 4.57 Å². The predicted molar refractivity (Wildman–Crippen MR) is 193 cm³/mol. The van der Waals surface area contributed by atoms with Crippen molar-refractivity contribution in [1.29, 1.82) is 0 Å². The Hall–Kier alpha value is -1.21. The molecule has 0 aromatic heterocycles. The molecule has 0 aliphatic heterocycles. The number of allylic oxidation sites excluding steroid dienone is 2. The highest BCUT2D eigenvalue weighted by atomic mass is 31.2. The van der Waals surface area contributed by atoms with Gasteiger partial charge < -0.3 is 19.3 Å². The molecule has 0 heterocycles. The van der Waals surface area contributed by atoms with E-state index in [-0.39, 0.29) is 19.4 Å². The second-order valence-electron chi connectivity index (χ2n) is 13.3. The highest BCUT2D eigenvalue weighted by molar-refractivity contribution is 7.46. The third-order valence-corrected chi connectivity index (χ3v) is 9.02. The number of hydrogen-bond donors (Lipinski definition) is 2. The molecule has 0 radical (unpaired) electrons. The van der Waals surface area contributed by atoms with E-state index in [1.54, 1.807) is 0 Å². The molecule has 1 atom stereocenters. The molecular weight excluding hydrogens is 615 g/mol. The first kappa shape index (κ1) is 45.8. The summed E-state index contributed by atoms with van der Waals surface area (Å²) in [7, 11) is -4.75. The van der Waals surface area contributed by atoms with Crippen molar-refractivity contribution in [2.24, 2.45) is 0 Å². The van der Waals surface area contributed by atoms with Crippen LogP contribution in [0.2, 0.25) is 0 Å². The quantitative estimate of drug-likeness (QED) is 0.0289. The van der Waals surface area contributed by atoms with Crippen molar-refractivity contribution in [1.82, 2.24) is 0 Å². The van der Waals surface area contributed by atoms with Gasteiger partial charge in [-0.05, 0) is 38.5 Å². The maximum Gasteiger partial charge on any atom is 0.469 e. The lowest BCUT2D eigenvalue weighted by Gasteiger charge is -2.18. The normalized spacial score (nSPS) is 12.5. The van der Waals surface area contributed by atoms with E-state index in [1.165, 1.54) is 116 Å². The second-order valence-corrected chi connectivity index (χ2v) is 14.5. The third-order valence-electron chi connectivity index (χ3n) is 8.53. The van der Waals surface area contributed by atoms with E-state index >= 15 is 0 Å². The number of carbonyl (C=O) groups is 2. The maximum atomic E-state index is 12.3. The van der Waals surface area contributed by atoms with Crippen LogP contribution in [0.1, 0.15) is 200 Å². The van der Waals surface area contributed by atoms with E-state index in [0.29, 0.717) is 6.42 Å². The monoisotopic (exact) mass is 689 g/mol. The van der Waals surface area contributed by atoms with Gasteiger partial charge in [-0.15, -0.1) is 0 Å². The molecule has 0 rings (SSSR count). The van der Waals surface area contributed by atoms with Gasteiger partial charge in [-0.2, -0.15) is 0 Å². The summed E-state index contributed by atoms with van der Waals surface area (Å²) in [6.07, 6.45) is 36.4. The summed E-state index contributed by atoms with van der Waals surface area (Å²) in [5, 5.41) is 0. The fraction of sp³-hybridized carbons (Fsp3) is 0.895. The molecule has 2 N–H and O–H groups in total. The fourth-order valence-corrected chi connectivity index (χ4v) is 5.96. The van der Waals surface area contributed by atoms with E-state index < -0.39 is 32.5 Å². The molecule has 0 saturated carbocycles. The average Bonchev–Trinajstić information content (AvgIpc) is 3.03. The smallest absolute Gasteiger partial charge is 0.462 e. The highest BCUT2D eigenvalue weighted by Gasteiger charge is 2.22. The lowest BCUT2D eigenvalue weighted by molar-refractivity contribution is -0.161. The Morgan fingerprint density at radius 1 is 0.532 bits per heavy atom. The van der Waals surface area contributed by atoms with Crippen LogP contribution in [0.15, 0.2) is 12.2 Å². The minimum absolute atomic E-state index is 0.206. The summed E-state index contributed by atoms with van der Waals surface area (Å²) in [6, 6.07) is 0. The largest absolute Gasteiger partial charge is 0.469 e. The van der Waals surface area contributed by atoms with Gasteiger partial charge in [0.05, 0.1) is 6.61 Å². The molecule has 278 valence electrons. The average molecular weight is 689 g/mol. The number of ether oxygens (including phenoxy) is 2. The van der Waals surface area contributed by atoms with Crippen molar-refractivity contribution in [2.45, 2.75) is 206 Å². The number of rotatable bonds is 36. The van der Waals surface area contributed by atoms with Crippen molar-refractivity contribution < 1.29 is 37.9 Å². The van der Waals surface area contributed by atoms with Gasteiger partial charge in [0.25, 0.3) is 0 Å². The molecule has 0 amide bonds. The van der Waals surface area contributed by atoms with Crippen LogP contribution in [0.3, 0.4) is 0 Å². The first-order valence-electron chi connectivity index (χ1n) is 19.5. The molecule has 0 bridgehead atoms.